The highest BCUT2D eigenvalue weighted by Gasteiger charge is 2.19. The molecule has 0 bridgehead atoms. The van der Waals surface area contributed by atoms with Crippen molar-refractivity contribution in [3.05, 3.63) is 53.3 Å². The lowest BCUT2D eigenvalue weighted by Gasteiger charge is -2.15. The molecule has 0 aliphatic heterocycles. The number of benzene rings is 2. The van der Waals surface area contributed by atoms with Gasteiger partial charge in [0.15, 0.2) is 5.82 Å². The highest BCUT2D eigenvalue weighted by Crippen LogP contribution is 2.34. The number of halogens is 1. The van der Waals surface area contributed by atoms with Crippen LogP contribution in [0.15, 0.2) is 36.4 Å². The van der Waals surface area contributed by atoms with Gasteiger partial charge in [-0.2, -0.15) is 4.98 Å². The van der Waals surface area contributed by atoms with E-state index in [2.05, 4.69) is 22.2 Å². The zero-order valence-corrected chi connectivity index (χ0v) is 17.7. The van der Waals surface area contributed by atoms with Gasteiger partial charge in [0.05, 0.1) is 25.8 Å². The summed E-state index contributed by atoms with van der Waals surface area (Å²) in [5.74, 6) is 1.11. The van der Waals surface area contributed by atoms with Gasteiger partial charge in [0.25, 0.3) is 0 Å². The molecule has 8 heteroatoms. The number of nitrogen functional groups attached to an aromatic ring is 1. The summed E-state index contributed by atoms with van der Waals surface area (Å²) in [6.07, 6.45) is 2.02. The van der Waals surface area contributed by atoms with Crippen molar-refractivity contribution < 1.29 is 14.2 Å². The van der Waals surface area contributed by atoms with Gasteiger partial charge in [-0.05, 0) is 42.3 Å². The summed E-state index contributed by atoms with van der Waals surface area (Å²) in [6.45, 7) is 3.21. The largest absolute Gasteiger partial charge is 0.496 e. The van der Waals surface area contributed by atoms with Gasteiger partial charge in [0.1, 0.15) is 22.6 Å². The number of hydrogen-bond acceptors (Lipinski definition) is 6. The van der Waals surface area contributed by atoms with Gasteiger partial charge in [-0.15, -0.1) is 0 Å². The minimum atomic E-state index is -0.343. The Kier molecular flexibility index (Phi) is 5.90. The lowest BCUT2D eigenvalue weighted by atomic mass is 10.1. The maximum Gasteiger partial charge on any atom is 0.222 e. The molecule has 0 fully saturated rings. The first-order chi connectivity index (χ1) is 15.0. The molecule has 0 atom stereocenters. The predicted molar refractivity (Wildman–Crippen MR) is 121 cm³/mol. The summed E-state index contributed by atoms with van der Waals surface area (Å²) in [5, 5.41) is 13.6. The second-order valence-electron chi connectivity index (χ2n) is 7.46. The molecule has 0 spiro atoms. The number of nitrogens with zero attached hydrogens (tertiary/aromatic N) is 3. The number of anilines is 2. The van der Waals surface area contributed by atoms with Crippen molar-refractivity contribution in [2.45, 2.75) is 32.9 Å². The Morgan fingerprint density at radius 1 is 1.19 bits per heavy atom. The van der Waals surface area contributed by atoms with E-state index in [0.717, 1.165) is 41.5 Å². The average molecular weight is 423 g/mol. The average Bonchev–Trinajstić information content (AvgIpc) is 3.06. The van der Waals surface area contributed by atoms with Gasteiger partial charge in [0, 0.05) is 17.5 Å². The summed E-state index contributed by atoms with van der Waals surface area (Å²) in [5.41, 5.74) is 9.81. The Bertz CT molecular complexity index is 1240. The van der Waals surface area contributed by atoms with Gasteiger partial charge in [-0.1, -0.05) is 19.4 Å². The van der Waals surface area contributed by atoms with E-state index in [0.29, 0.717) is 29.0 Å². The minimum absolute atomic E-state index is 0.0706. The Hall–Kier alpha value is -3.39. The second kappa shape index (κ2) is 8.77. The lowest BCUT2D eigenvalue weighted by molar-refractivity contribution is 0.281. The van der Waals surface area contributed by atoms with Crippen LogP contribution in [0.2, 0.25) is 0 Å². The predicted octanol–water partition coefficient (Wildman–Crippen LogP) is 4.07. The molecule has 0 unspecified atom stereocenters. The molecule has 0 radical (unpaired) electrons. The number of rotatable bonds is 8. The first-order valence-corrected chi connectivity index (χ1v) is 10.3. The highest BCUT2D eigenvalue weighted by atomic mass is 19.1. The number of aromatic nitrogens is 3. The van der Waals surface area contributed by atoms with Crippen LogP contribution >= 0.6 is 0 Å². The van der Waals surface area contributed by atoms with E-state index >= 15 is 0 Å². The number of fused-ring (bicyclic) bond motifs is 3. The number of unbranched alkanes of at least 4 members (excludes halogenated alkanes) is 1. The Labute approximate surface area is 179 Å². The molecule has 31 heavy (non-hydrogen) atoms. The molecule has 0 saturated carbocycles. The third-order valence-corrected chi connectivity index (χ3v) is 5.35. The van der Waals surface area contributed by atoms with Crippen molar-refractivity contribution in [1.29, 1.82) is 0 Å². The van der Waals surface area contributed by atoms with Gasteiger partial charge < -0.3 is 25.5 Å². The van der Waals surface area contributed by atoms with Crippen LogP contribution in [0, 0.1) is 5.82 Å². The second-order valence-corrected chi connectivity index (χ2v) is 7.46. The van der Waals surface area contributed by atoms with Crippen LogP contribution in [0.4, 0.5) is 16.2 Å². The normalized spacial score (nSPS) is 11.4. The SMILES string of the molecule is CCCCNc1nc(N)nc2c3cc(F)ccc3n(Cc3cc(CO)ccc3OC)c12. The maximum atomic E-state index is 14.1. The molecular weight excluding hydrogens is 397 g/mol. The van der Waals surface area contributed by atoms with E-state index in [1.807, 2.05) is 22.8 Å². The summed E-state index contributed by atoms with van der Waals surface area (Å²) in [7, 11) is 1.61. The number of methoxy groups -OCH3 is 1. The molecule has 4 aromatic rings. The quantitative estimate of drug-likeness (QED) is 0.370. The van der Waals surface area contributed by atoms with Crippen molar-refractivity contribution >= 4 is 33.7 Å². The highest BCUT2D eigenvalue weighted by molar-refractivity contribution is 6.09. The Morgan fingerprint density at radius 3 is 2.77 bits per heavy atom. The first-order valence-electron chi connectivity index (χ1n) is 10.3. The van der Waals surface area contributed by atoms with Crippen LogP contribution in [-0.2, 0) is 13.2 Å². The molecule has 2 heterocycles. The Morgan fingerprint density at radius 2 is 2.03 bits per heavy atom. The summed E-state index contributed by atoms with van der Waals surface area (Å²) in [6, 6.07) is 10.2. The summed E-state index contributed by atoms with van der Waals surface area (Å²) < 4.78 is 21.7. The number of ether oxygens (including phenoxy) is 1. The fourth-order valence-corrected chi connectivity index (χ4v) is 3.86. The molecule has 2 aromatic heterocycles. The maximum absolute atomic E-state index is 14.1. The zero-order valence-electron chi connectivity index (χ0n) is 17.7. The van der Waals surface area contributed by atoms with Gasteiger partial charge in [-0.3, -0.25) is 0 Å². The molecule has 4 N–H and O–H groups in total. The smallest absolute Gasteiger partial charge is 0.222 e. The monoisotopic (exact) mass is 423 g/mol. The number of nitrogens with two attached hydrogens (primary N) is 1. The fourth-order valence-electron chi connectivity index (χ4n) is 3.86. The van der Waals surface area contributed by atoms with Crippen LogP contribution < -0.4 is 15.8 Å². The molecule has 7 nitrogen and oxygen atoms in total. The van der Waals surface area contributed by atoms with E-state index < -0.39 is 0 Å². The van der Waals surface area contributed by atoms with E-state index in [1.165, 1.54) is 12.1 Å². The number of aliphatic hydroxyl groups is 1. The van der Waals surface area contributed by atoms with Crippen LogP contribution in [-0.4, -0.2) is 33.3 Å². The van der Waals surface area contributed by atoms with Crippen LogP contribution in [0.5, 0.6) is 5.75 Å². The van der Waals surface area contributed by atoms with Crippen molar-refractivity contribution in [2.24, 2.45) is 0 Å². The fraction of sp³-hybridized carbons (Fsp3) is 0.304. The minimum Gasteiger partial charge on any atom is -0.496 e. The van der Waals surface area contributed by atoms with Crippen LogP contribution in [0.3, 0.4) is 0 Å². The molecule has 2 aromatic carbocycles. The topological polar surface area (TPSA) is 98.2 Å². The standard InChI is InChI=1S/C23H26FN5O2/c1-3-4-9-26-22-21-20(27-23(25)28-22)17-11-16(24)6-7-18(17)29(21)12-15-10-14(13-30)5-8-19(15)31-2/h5-8,10-11,30H,3-4,9,12-13H2,1-2H3,(H3,25,26,27,28). The van der Waals surface area contributed by atoms with Crippen molar-refractivity contribution in [1.82, 2.24) is 14.5 Å². The molecule has 162 valence electrons. The first kappa shape index (κ1) is 20.9. The van der Waals surface area contributed by atoms with Gasteiger partial charge >= 0.3 is 0 Å². The van der Waals surface area contributed by atoms with E-state index in [9.17, 15) is 9.50 Å². The number of nitrogens with one attached hydrogen (secondary N) is 1. The lowest BCUT2D eigenvalue weighted by Crippen LogP contribution is -2.09. The third-order valence-electron chi connectivity index (χ3n) is 5.35. The van der Waals surface area contributed by atoms with E-state index in [-0.39, 0.29) is 18.4 Å². The zero-order chi connectivity index (χ0) is 22.0. The Balaban J connectivity index is 1.96. The van der Waals surface area contributed by atoms with Crippen molar-refractivity contribution in [2.75, 3.05) is 24.7 Å². The van der Waals surface area contributed by atoms with E-state index in [1.54, 1.807) is 13.2 Å². The molecular formula is C23H26FN5O2. The van der Waals surface area contributed by atoms with Gasteiger partial charge in [-0.25, -0.2) is 9.37 Å². The molecule has 0 aliphatic carbocycles. The third kappa shape index (κ3) is 3.98. The van der Waals surface area contributed by atoms with Crippen LogP contribution in [0.1, 0.15) is 30.9 Å². The molecule has 0 saturated heterocycles. The summed E-state index contributed by atoms with van der Waals surface area (Å²) >= 11 is 0. The van der Waals surface area contributed by atoms with E-state index in [4.69, 9.17) is 10.5 Å². The number of aliphatic hydroxyl groups excluding tert-OH is 1. The molecule has 4 rings (SSSR count). The molecule has 0 amide bonds. The molecule has 0 aliphatic rings. The van der Waals surface area contributed by atoms with Crippen molar-refractivity contribution in [3.63, 3.8) is 0 Å². The number of hydrogen-bond donors (Lipinski definition) is 3. The van der Waals surface area contributed by atoms with Gasteiger partial charge in [0.2, 0.25) is 5.95 Å². The van der Waals surface area contributed by atoms with Crippen LogP contribution in [0.25, 0.3) is 21.9 Å². The summed E-state index contributed by atoms with van der Waals surface area (Å²) in [4.78, 5) is 8.88. The van der Waals surface area contributed by atoms with Crippen molar-refractivity contribution in [3.8, 4) is 5.75 Å².